The van der Waals surface area contributed by atoms with Crippen LogP contribution in [0.25, 0.3) is 27.3 Å². The molecule has 166 valence electrons. The molecule has 9 heteroatoms. The average Bonchev–Trinajstić information content (AvgIpc) is 3.40. The first-order valence-electron chi connectivity index (χ1n) is 10.6. The molecule has 0 unspecified atom stereocenters. The van der Waals surface area contributed by atoms with Crippen LogP contribution in [0.1, 0.15) is 29.9 Å². The summed E-state index contributed by atoms with van der Waals surface area (Å²) in [6.07, 6.45) is 4.14. The third-order valence-corrected chi connectivity index (χ3v) is 7.43. The first-order valence-corrected chi connectivity index (χ1v) is 11.8. The number of hydrogen-bond acceptors (Lipinski definition) is 6. The van der Waals surface area contributed by atoms with Crippen LogP contribution in [0, 0.1) is 0 Å². The maximum absolute atomic E-state index is 13.7. The van der Waals surface area contributed by atoms with Crippen molar-refractivity contribution in [1.82, 2.24) is 24.1 Å². The number of hydrogen-bond donors (Lipinski definition) is 0. The minimum atomic E-state index is -0.289. The summed E-state index contributed by atoms with van der Waals surface area (Å²) in [7, 11) is 0. The molecule has 5 heterocycles. The Labute approximate surface area is 198 Å². The third-order valence-electron chi connectivity index (χ3n) is 5.95. The van der Waals surface area contributed by atoms with Crippen molar-refractivity contribution in [2.24, 2.45) is 0 Å². The molecule has 0 N–H and O–H groups in total. The van der Waals surface area contributed by atoms with E-state index in [9.17, 15) is 4.79 Å². The van der Waals surface area contributed by atoms with Gasteiger partial charge in [-0.25, -0.2) is 9.78 Å². The van der Waals surface area contributed by atoms with Crippen LogP contribution in [0.4, 0.5) is 0 Å². The topological polar surface area (TPSA) is 74.3 Å². The zero-order valence-electron chi connectivity index (χ0n) is 18.1. The summed E-state index contributed by atoms with van der Waals surface area (Å²) in [6, 6.07) is 11.2. The maximum atomic E-state index is 13.7. The second kappa shape index (κ2) is 7.48. The lowest BCUT2D eigenvalue weighted by Crippen LogP contribution is -2.31. The molecule has 0 bridgehead atoms. The first-order chi connectivity index (χ1) is 15.9. The van der Waals surface area contributed by atoms with Crippen molar-refractivity contribution in [3.63, 3.8) is 0 Å². The Hall–Kier alpha value is -3.07. The van der Waals surface area contributed by atoms with E-state index < -0.39 is 0 Å². The fourth-order valence-corrected chi connectivity index (χ4v) is 5.65. The SMILES string of the molecule is CC1(C)Cc2c(sc3c2c2nc(-c4ccncc4)nn2c(=O)n3Cc2ccc(Cl)cc2)CO1. The van der Waals surface area contributed by atoms with Gasteiger partial charge in [0.05, 0.1) is 24.1 Å². The van der Waals surface area contributed by atoms with E-state index in [1.807, 2.05) is 36.4 Å². The van der Waals surface area contributed by atoms with Crippen LogP contribution < -0.4 is 5.69 Å². The Morgan fingerprint density at radius 1 is 1.15 bits per heavy atom. The summed E-state index contributed by atoms with van der Waals surface area (Å²) < 4.78 is 9.29. The highest BCUT2D eigenvalue weighted by Gasteiger charge is 2.32. The van der Waals surface area contributed by atoms with Gasteiger partial charge in [-0.2, -0.15) is 4.52 Å². The van der Waals surface area contributed by atoms with Gasteiger partial charge in [0.2, 0.25) is 0 Å². The number of pyridine rings is 1. The molecule has 0 radical (unpaired) electrons. The molecule has 4 aromatic heterocycles. The molecule has 0 fully saturated rings. The van der Waals surface area contributed by atoms with Gasteiger partial charge in [0.1, 0.15) is 4.83 Å². The summed E-state index contributed by atoms with van der Waals surface area (Å²) in [5, 5.41) is 6.25. The van der Waals surface area contributed by atoms with Crippen molar-refractivity contribution in [3.05, 3.63) is 80.3 Å². The molecule has 1 aromatic carbocycles. The molecule has 0 amide bonds. The minimum absolute atomic E-state index is 0.223. The highest BCUT2D eigenvalue weighted by atomic mass is 35.5. The molecule has 0 aliphatic carbocycles. The van der Waals surface area contributed by atoms with E-state index in [2.05, 4.69) is 23.9 Å². The van der Waals surface area contributed by atoms with E-state index in [0.29, 0.717) is 29.6 Å². The van der Waals surface area contributed by atoms with Crippen LogP contribution in [0.2, 0.25) is 5.02 Å². The van der Waals surface area contributed by atoms with Gasteiger partial charge < -0.3 is 4.74 Å². The van der Waals surface area contributed by atoms with Crippen LogP contribution in [-0.4, -0.2) is 29.8 Å². The Morgan fingerprint density at radius 2 is 1.91 bits per heavy atom. The predicted molar refractivity (Wildman–Crippen MR) is 129 cm³/mol. The normalized spacial score (nSPS) is 15.2. The summed E-state index contributed by atoms with van der Waals surface area (Å²) in [5.41, 5.74) is 3.07. The lowest BCUT2D eigenvalue weighted by molar-refractivity contribution is -0.0379. The molecule has 0 saturated carbocycles. The van der Waals surface area contributed by atoms with E-state index in [1.54, 1.807) is 28.3 Å². The van der Waals surface area contributed by atoms with Crippen molar-refractivity contribution in [2.75, 3.05) is 0 Å². The van der Waals surface area contributed by atoms with Gasteiger partial charge in [0, 0.05) is 34.3 Å². The number of thiophene rings is 1. The molecule has 1 aliphatic heterocycles. The van der Waals surface area contributed by atoms with Crippen molar-refractivity contribution >= 4 is 38.8 Å². The fraction of sp³-hybridized carbons (Fsp3) is 0.250. The fourth-order valence-electron chi connectivity index (χ4n) is 4.30. The minimum Gasteiger partial charge on any atom is -0.370 e. The summed E-state index contributed by atoms with van der Waals surface area (Å²) >= 11 is 7.67. The number of halogens is 1. The van der Waals surface area contributed by atoms with Crippen LogP contribution in [0.5, 0.6) is 0 Å². The van der Waals surface area contributed by atoms with Crippen LogP contribution in [0.3, 0.4) is 0 Å². The number of fused-ring (bicyclic) bond motifs is 5. The Morgan fingerprint density at radius 3 is 2.67 bits per heavy atom. The number of ether oxygens (including phenoxy) is 1. The molecule has 5 aromatic rings. The van der Waals surface area contributed by atoms with Crippen LogP contribution in [0.15, 0.2) is 53.6 Å². The molecule has 33 heavy (non-hydrogen) atoms. The lowest BCUT2D eigenvalue weighted by atomic mass is 9.94. The van der Waals surface area contributed by atoms with Crippen molar-refractivity contribution < 1.29 is 4.74 Å². The quantitative estimate of drug-likeness (QED) is 0.376. The predicted octanol–water partition coefficient (Wildman–Crippen LogP) is 4.72. The van der Waals surface area contributed by atoms with E-state index in [0.717, 1.165) is 32.6 Å². The van der Waals surface area contributed by atoms with Crippen LogP contribution >= 0.6 is 22.9 Å². The molecular formula is C24H20ClN5O2S. The number of rotatable bonds is 3. The molecule has 0 atom stereocenters. The monoisotopic (exact) mass is 477 g/mol. The second-order valence-electron chi connectivity index (χ2n) is 8.81. The van der Waals surface area contributed by atoms with E-state index >= 15 is 0 Å². The maximum Gasteiger partial charge on any atom is 0.352 e. The first kappa shape index (κ1) is 20.5. The Balaban J connectivity index is 1.65. The highest BCUT2D eigenvalue weighted by Crippen LogP contribution is 2.40. The second-order valence-corrected chi connectivity index (χ2v) is 10.3. The zero-order valence-corrected chi connectivity index (χ0v) is 19.7. The van der Waals surface area contributed by atoms with Gasteiger partial charge in [-0.1, -0.05) is 23.7 Å². The number of benzene rings is 1. The molecule has 0 spiro atoms. The summed E-state index contributed by atoms with van der Waals surface area (Å²) in [5.74, 6) is 0.506. The van der Waals surface area contributed by atoms with Gasteiger partial charge in [-0.3, -0.25) is 9.55 Å². The molecule has 7 nitrogen and oxygen atoms in total. The van der Waals surface area contributed by atoms with Crippen molar-refractivity contribution in [2.45, 2.75) is 39.0 Å². The molecule has 6 rings (SSSR count). The highest BCUT2D eigenvalue weighted by molar-refractivity contribution is 7.19. The number of nitrogens with zero attached hydrogens (tertiary/aromatic N) is 5. The number of aromatic nitrogens is 5. The summed E-state index contributed by atoms with van der Waals surface area (Å²) in [6.45, 7) is 5.12. The van der Waals surface area contributed by atoms with Gasteiger partial charge in [0.15, 0.2) is 11.5 Å². The average molecular weight is 478 g/mol. The van der Waals surface area contributed by atoms with Crippen LogP contribution in [-0.2, 0) is 24.3 Å². The smallest absolute Gasteiger partial charge is 0.352 e. The van der Waals surface area contributed by atoms with Crippen molar-refractivity contribution in [1.29, 1.82) is 0 Å². The van der Waals surface area contributed by atoms with Gasteiger partial charge in [0.25, 0.3) is 0 Å². The van der Waals surface area contributed by atoms with Gasteiger partial charge in [-0.05, 0) is 49.2 Å². The lowest BCUT2D eigenvalue weighted by Gasteiger charge is -2.30. The van der Waals surface area contributed by atoms with Gasteiger partial charge >= 0.3 is 5.69 Å². The van der Waals surface area contributed by atoms with Crippen molar-refractivity contribution in [3.8, 4) is 11.4 Å². The summed E-state index contributed by atoms with van der Waals surface area (Å²) in [4.78, 5) is 24.6. The zero-order chi connectivity index (χ0) is 22.7. The van der Waals surface area contributed by atoms with E-state index in [4.69, 9.17) is 21.3 Å². The van der Waals surface area contributed by atoms with E-state index in [-0.39, 0.29) is 11.3 Å². The molecular weight excluding hydrogens is 458 g/mol. The molecule has 0 saturated heterocycles. The Kier molecular flexibility index (Phi) is 4.65. The van der Waals surface area contributed by atoms with Gasteiger partial charge in [-0.15, -0.1) is 16.4 Å². The van der Waals surface area contributed by atoms with E-state index in [1.165, 1.54) is 10.1 Å². The molecule has 1 aliphatic rings. The third kappa shape index (κ3) is 3.45. The largest absolute Gasteiger partial charge is 0.370 e. The Bertz CT molecular complexity index is 1570. The standard InChI is InChI=1S/C24H20ClN5O2S/c1-24(2)11-17-18(13-32-24)33-22-19(17)21-27-20(15-7-9-26-10-8-15)28-30(21)23(31)29(22)12-14-3-5-16(25)6-4-14/h3-10H,11-13H2,1-2H3.